The Morgan fingerprint density at radius 2 is 1.85 bits per heavy atom. The molecule has 136 valence electrons. The number of rotatable bonds is 4. The average Bonchev–Trinajstić information content (AvgIpc) is 2.57. The lowest BCUT2D eigenvalue weighted by atomic mass is 10.1. The van der Waals surface area contributed by atoms with Crippen LogP contribution in [0.25, 0.3) is 0 Å². The minimum atomic E-state index is -1.07. The summed E-state index contributed by atoms with van der Waals surface area (Å²) in [6.07, 6.45) is 1.64. The van der Waals surface area contributed by atoms with Crippen LogP contribution in [0.2, 0.25) is 0 Å². The van der Waals surface area contributed by atoms with E-state index in [9.17, 15) is 18.7 Å². The first kappa shape index (κ1) is 17.9. The fourth-order valence-corrected chi connectivity index (χ4v) is 2.53. The molecule has 0 bridgehead atoms. The third-order valence-corrected chi connectivity index (χ3v) is 4.09. The maximum atomic E-state index is 14.3. The maximum absolute atomic E-state index is 14.3. The van der Waals surface area contributed by atoms with Crippen LogP contribution in [0.15, 0.2) is 42.6 Å². The largest absolute Gasteiger partial charge is 0.451 e. The number of nitrogens with zero attached hydrogens (tertiary/aromatic N) is 1. The van der Waals surface area contributed by atoms with Gasteiger partial charge in [0.25, 0.3) is 0 Å². The van der Waals surface area contributed by atoms with E-state index in [0.29, 0.717) is 5.75 Å². The number of carbonyl (C=O) groups excluding carboxylic acids is 1. The Morgan fingerprint density at radius 3 is 2.46 bits per heavy atom. The monoisotopic (exact) mass is 360 g/mol. The molecule has 0 aliphatic carbocycles. The number of urea groups is 1. The van der Waals surface area contributed by atoms with Crippen molar-refractivity contribution >= 4 is 6.03 Å². The fraction of sp³-hybridized carbons (Fsp3) is 0.211. The third-order valence-electron chi connectivity index (χ3n) is 4.09. The second-order valence-electron chi connectivity index (χ2n) is 6.10. The van der Waals surface area contributed by atoms with E-state index in [1.54, 1.807) is 12.1 Å². The van der Waals surface area contributed by atoms with Crippen LogP contribution in [-0.2, 0) is 6.54 Å². The summed E-state index contributed by atoms with van der Waals surface area (Å²) in [7, 11) is 0. The highest BCUT2D eigenvalue weighted by molar-refractivity contribution is 5.76. The molecule has 1 aliphatic rings. The Balaban J connectivity index is 1.81. The summed E-state index contributed by atoms with van der Waals surface area (Å²) in [4.78, 5) is 12.9. The number of hydrogen-bond acceptors (Lipinski definition) is 3. The minimum Gasteiger partial charge on any atom is -0.451 e. The Kier molecular flexibility index (Phi) is 4.90. The molecule has 3 rings (SSSR count). The lowest BCUT2D eigenvalue weighted by Gasteiger charge is -2.25. The van der Waals surface area contributed by atoms with Gasteiger partial charge in [0.2, 0.25) is 0 Å². The van der Waals surface area contributed by atoms with E-state index in [1.165, 1.54) is 17.2 Å². The zero-order valence-corrected chi connectivity index (χ0v) is 14.3. The Bertz CT molecular complexity index is 860. The molecule has 0 saturated heterocycles. The van der Waals surface area contributed by atoms with Crippen LogP contribution in [0.4, 0.5) is 13.6 Å². The van der Waals surface area contributed by atoms with Crippen molar-refractivity contribution in [2.24, 2.45) is 0 Å². The van der Waals surface area contributed by atoms with Crippen molar-refractivity contribution in [2.45, 2.75) is 26.6 Å². The fourth-order valence-electron chi connectivity index (χ4n) is 2.53. The van der Waals surface area contributed by atoms with Gasteiger partial charge in [0, 0.05) is 6.20 Å². The first-order valence-electron chi connectivity index (χ1n) is 8.00. The van der Waals surface area contributed by atoms with Crippen molar-refractivity contribution in [3.8, 4) is 11.5 Å². The summed E-state index contributed by atoms with van der Waals surface area (Å²) in [5.74, 6) is -1.88. The first-order chi connectivity index (χ1) is 12.3. The molecule has 0 saturated carbocycles. The van der Waals surface area contributed by atoms with Gasteiger partial charge in [-0.05, 0) is 60.9 Å². The number of halogens is 2. The number of hydrogen-bond donors (Lipinski definition) is 2. The molecular formula is C19H18F2N2O3. The van der Waals surface area contributed by atoms with Gasteiger partial charge in [-0.3, -0.25) is 4.90 Å². The van der Waals surface area contributed by atoms with Gasteiger partial charge in [-0.15, -0.1) is 0 Å². The lowest BCUT2D eigenvalue weighted by Crippen LogP contribution is -2.45. The summed E-state index contributed by atoms with van der Waals surface area (Å²) in [5, 5.41) is 11.6. The van der Waals surface area contributed by atoms with Gasteiger partial charge in [-0.25, -0.2) is 13.6 Å². The SMILES string of the molecule is Cc1ccc(Oc2c(F)cc(CN3C=CC(O)NC3=O)cc2F)cc1C. The number of aliphatic hydroxyl groups excluding tert-OH is 1. The van der Waals surface area contributed by atoms with E-state index >= 15 is 0 Å². The summed E-state index contributed by atoms with van der Waals surface area (Å²) >= 11 is 0. The smallest absolute Gasteiger partial charge is 0.323 e. The van der Waals surface area contributed by atoms with Crippen LogP contribution in [0.3, 0.4) is 0 Å². The van der Waals surface area contributed by atoms with Gasteiger partial charge in [-0.1, -0.05) is 6.07 Å². The van der Waals surface area contributed by atoms with Crippen molar-refractivity contribution in [2.75, 3.05) is 0 Å². The Morgan fingerprint density at radius 1 is 1.15 bits per heavy atom. The van der Waals surface area contributed by atoms with Gasteiger partial charge in [0.1, 0.15) is 12.0 Å². The molecule has 1 unspecified atom stereocenters. The van der Waals surface area contributed by atoms with E-state index < -0.39 is 29.6 Å². The molecule has 2 aromatic rings. The molecule has 5 nitrogen and oxygen atoms in total. The highest BCUT2D eigenvalue weighted by atomic mass is 19.1. The van der Waals surface area contributed by atoms with E-state index in [0.717, 1.165) is 23.3 Å². The molecule has 0 fully saturated rings. The van der Waals surface area contributed by atoms with Crippen molar-refractivity contribution in [1.29, 1.82) is 0 Å². The Hall–Kier alpha value is -2.93. The molecule has 1 aliphatic heterocycles. The van der Waals surface area contributed by atoms with Crippen molar-refractivity contribution in [3.05, 3.63) is 70.9 Å². The van der Waals surface area contributed by atoms with E-state index in [-0.39, 0.29) is 12.1 Å². The van der Waals surface area contributed by atoms with Gasteiger partial charge in [0.15, 0.2) is 17.4 Å². The molecule has 2 amide bonds. The molecule has 0 radical (unpaired) electrons. The molecule has 26 heavy (non-hydrogen) atoms. The predicted octanol–water partition coefficient (Wildman–Crippen LogP) is 3.73. The van der Waals surface area contributed by atoms with Crippen LogP contribution in [-0.4, -0.2) is 22.3 Å². The topological polar surface area (TPSA) is 61.8 Å². The van der Waals surface area contributed by atoms with Crippen LogP contribution >= 0.6 is 0 Å². The van der Waals surface area contributed by atoms with Gasteiger partial charge < -0.3 is 15.2 Å². The van der Waals surface area contributed by atoms with Gasteiger partial charge in [-0.2, -0.15) is 0 Å². The molecule has 2 aromatic carbocycles. The lowest BCUT2D eigenvalue weighted by molar-refractivity contribution is 0.151. The number of amides is 2. The molecule has 0 spiro atoms. The maximum Gasteiger partial charge on any atom is 0.323 e. The quantitative estimate of drug-likeness (QED) is 0.873. The molecule has 2 N–H and O–H groups in total. The number of carbonyl (C=O) groups is 1. The van der Waals surface area contributed by atoms with Gasteiger partial charge in [0.05, 0.1) is 6.54 Å². The summed E-state index contributed by atoms with van der Waals surface area (Å²) in [6.45, 7) is 3.76. The van der Waals surface area contributed by atoms with Crippen LogP contribution in [0.5, 0.6) is 11.5 Å². The Labute approximate surface area is 149 Å². The number of aryl methyl sites for hydroxylation is 2. The average molecular weight is 360 g/mol. The summed E-state index contributed by atoms with van der Waals surface area (Å²) in [6, 6.07) is 6.83. The van der Waals surface area contributed by atoms with E-state index in [1.807, 2.05) is 19.9 Å². The van der Waals surface area contributed by atoms with Gasteiger partial charge >= 0.3 is 6.03 Å². The zero-order chi connectivity index (χ0) is 18.8. The number of nitrogens with one attached hydrogen (secondary N) is 1. The van der Waals surface area contributed by atoms with E-state index in [4.69, 9.17) is 4.74 Å². The summed E-state index contributed by atoms with van der Waals surface area (Å²) in [5.41, 5.74) is 2.25. The number of ether oxygens (including phenoxy) is 1. The van der Waals surface area contributed by atoms with Crippen molar-refractivity contribution in [3.63, 3.8) is 0 Å². The van der Waals surface area contributed by atoms with Crippen LogP contribution in [0, 0.1) is 25.5 Å². The summed E-state index contributed by atoms with van der Waals surface area (Å²) < 4.78 is 34.1. The minimum absolute atomic E-state index is 0.0488. The predicted molar refractivity (Wildman–Crippen MR) is 91.6 cm³/mol. The number of aliphatic hydroxyl groups is 1. The van der Waals surface area contributed by atoms with Crippen LogP contribution < -0.4 is 10.1 Å². The van der Waals surface area contributed by atoms with Crippen molar-refractivity contribution < 1.29 is 23.4 Å². The molecule has 1 atom stereocenters. The zero-order valence-electron chi connectivity index (χ0n) is 14.3. The highest BCUT2D eigenvalue weighted by Crippen LogP contribution is 2.30. The normalized spacial score (nSPS) is 16.6. The second-order valence-corrected chi connectivity index (χ2v) is 6.10. The first-order valence-corrected chi connectivity index (χ1v) is 8.00. The molecule has 1 heterocycles. The second kappa shape index (κ2) is 7.13. The van der Waals surface area contributed by atoms with Crippen molar-refractivity contribution in [1.82, 2.24) is 10.2 Å². The molecule has 7 heteroatoms. The molecular weight excluding hydrogens is 342 g/mol. The van der Waals surface area contributed by atoms with Crippen LogP contribution in [0.1, 0.15) is 16.7 Å². The standard InChI is InChI=1S/C19H18F2N2O3/c1-11-3-4-14(7-12(11)2)26-18-15(20)8-13(9-16(18)21)10-23-6-5-17(24)22-19(23)25/h3-9,17,24H,10H2,1-2H3,(H,22,25). The number of benzene rings is 2. The molecule has 0 aromatic heterocycles. The third kappa shape index (κ3) is 3.83. The highest BCUT2D eigenvalue weighted by Gasteiger charge is 2.20. The van der Waals surface area contributed by atoms with E-state index in [2.05, 4.69) is 5.32 Å².